The van der Waals surface area contributed by atoms with Gasteiger partial charge in [-0.1, -0.05) is 11.6 Å². The van der Waals surface area contributed by atoms with Crippen molar-refractivity contribution < 1.29 is 0 Å². The third kappa shape index (κ3) is 1.33. The highest BCUT2D eigenvalue weighted by Crippen LogP contribution is 2.26. The zero-order valence-corrected chi connectivity index (χ0v) is 6.91. The zero-order valence-electron chi connectivity index (χ0n) is 5.34. The molecule has 0 aliphatic carbocycles. The number of nitrogens with zero attached hydrogens (tertiary/aromatic N) is 2. The third-order valence-electron chi connectivity index (χ3n) is 0.992. The number of hydrogen-bond acceptors (Lipinski definition) is 4. The Kier molecular flexibility index (Phi) is 2.34. The van der Waals surface area contributed by atoms with Gasteiger partial charge in [0.2, 0.25) is 0 Å². The molecule has 3 nitrogen and oxygen atoms in total. The minimum atomic E-state index is 0.417. The quantitative estimate of drug-likeness (QED) is 0.518. The third-order valence-corrected chi connectivity index (χ3v) is 2.20. The molecular formula is C5H6ClN3S. The first-order chi connectivity index (χ1) is 4.75. The summed E-state index contributed by atoms with van der Waals surface area (Å²) in [7, 11) is 0. The lowest BCUT2D eigenvalue weighted by Crippen LogP contribution is -1.94. The average molecular weight is 176 g/mol. The molecule has 0 unspecified atom stereocenters. The van der Waals surface area contributed by atoms with Crippen molar-refractivity contribution in [2.45, 2.75) is 4.90 Å². The zero-order chi connectivity index (χ0) is 7.56. The van der Waals surface area contributed by atoms with Crippen molar-refractivity contribution in [1.82, 2.24) is 9.97 Å². The second-order valence-electron chi connectivity index (χ2n) is 1.58. The molecule has 10 heavy (non-hydrogen) atoms. The fraction of sp³-hybridized carbons (Fsp3) is 0.200. The van der Waals surface area contributed by atoms with E-state index in [-0.39, 0.29) is 0 Å². The molecule has 0 radical (unpaired) electrons. The Morgan fingerprint density at radius 2 is 2.30 bits per heavy atom. The highest BCUT2D eigenvalue weighted by Gasteiger charge is 2.03. The molecule has 0 bridgehead atoms. The summed E-state index contributed by atoms with van der Waals surface area (Å²) < 4.78 is 0. The van der Waals surface area contributed by atoms with Crippen LogP contribution in [0, 0.1) is 0 Å². The van der Waals surface area contributed by atoms with Crippen LogP contribution >= 0.6 is 23.4 Å². The molecule has 54 valence electrons. The van der Waals surface area contributed by atoms with Crippen molar-refractivity contribution in [3.05, 3.63) is 11.5 Å². The molecule has 0 fully saturated rings. The van der Waals surface area contributed by atoms with Gasteiger partial charge in [-0.3, -0.25) is 0 Å². The van der Waals surface area contributed by atoms with E-state index in [9.17, 15) is 0 Å². The molecular weight excluding hydrogens is 170 g/mol. The maximum atomic E-state index is 5.68. The van der Waals surface area contributed by atoms with Gasteiger partial charge < -0.3 is 5.73 Å². The van der Waals surface area contributed by atoms with Crippen LogP contribution in [-0.2, 0) is 0 Å². The second-order valence-corrected chi connectivity index (χ2v) is 2.76. The summed E-state index contributed by atoms with van der Waals surface area (Å²) >= 11 is 7.12. The van der Waals surface area contributed by atoms with Gasteiger partial charge in [-0.05, 0) is 6.26 Å². The molecule has 0 saturated heterocycles. The van der Waals surface area contributed by atoms with E-state index in [0.29, 0.717) is 11.0 Å². The second kappa shape index (κ2) is 3.07. The maximum absolute atomic E-state index is 5.68. The number of thioether (sulfide) groups is 1. The van der Waals surface area contributed by atoms with E-state index in [1.165, 1.54) is 18.1 Å². The first kappa shape index (κ1) is 7.63. The van der Waals surface area contributed by atoms with Crippen LogP contribution in [0.4, 0.5) is 5.82 Å². The number of anilines is 1. The van der Waals surface area contributed by atoms with Crippen LogP contribution < -0.4 is 5.73 Å². The van der Waals surface area contributed by atoms with Gasteiger partial charge in [-0.2, -0.15) is 0 Å². The monoisotopic (exact) mass is 175 g/mol. The van der Waals surface area contributed by atoms with E-state index < -0.39 is 0 Å². The summed E-state index contributed by atoms with van der Waals surface area (Å²) in [5.74, 6) is 0.438. The number of rotatable bonds is 1. The van der Waals surface area contributed by atoms with Crippen LogP contribution in [0.15, 0.2) is 11.2 Å². The summed E-state index contributed by atoms with van der Waals surface area (Å²) in [5.41, 5.74) is 5.48. The number of aromatic nitrogens is 2. The highest BCUT2D eigenvalue weighted by atomic mass is 35.5. The topological polar surface area (TPSA) is 51.8 Å². The van der Waals surface area contributed by atoms with Crippen LogP contribution in [0.25, 0.3) is 0 Å². The Morgan fingerprint density at radius 1 is 1.60 bits per heavy atom. The highest BCUT2D eigenvalue weighted by molar-refractivity contribution is 7.98. The normalized spacial score (nSPS) is 9.80. The molecule has 2 N–H and O–H groups in total. The average Bonchev–Trinajstić information content (AvgIpc) is 1.88. The van der Waals surface area contributed by atoms with Gasteiger partial charge in [-0.15, -0.1) is 11.8 Å². The van der Waals surface area contributed by atoms with E-state index in [1.54, 1.807) is 0 Å². The Labute approximate surface area is 68.0 Å². The molecule has 0 aromatic carbocycles. The van der Waals surface area contributed by atoms with Crippen molar-refractivity contribution in [2.24, 2.45) is 0 Å². The summed E-state index contributed by atoms with van der Waals surface area (Å²) in [5, 5.41) is 0.417. The van der Waals surface area contributed by atoms with Gasteiger partial charge >= 0.3 is 0 Å². The molecule has 1 aromatic rings. The largest absolute Gasteiger partial charge is 0.383 e. The number of halogens is 1. The summed E-state index contributed by atoms with van der Waals surface area (Å²) in [4.78, 5) is 8.28. The predicted molar refractivity (Wildman–Crippen MR) is 43.2 cm³/mol. The lowest BCUT2D eigenvalue weighted by Gasteiger charge is -1.99. The van der Waals surface area contributed by atoms with Gasteiger partial charge in [0.25, 0.3) is 0 Å². The van der Waals surface area contributed by atoms with Gasteiger partial charge in [0.15, 0.2) is 0 Å². The lowest BCUT2D eigenvalue weighted by molar-refractivity contribution is 1.11. The Bertz CT molecular complexity index is 220. The predicted octanol–water partition coefficient (Wildman–Crippen LogP) is 1.43. The lowest BCUT2D eigenvalue weighted by atomic mass is 10.6. The molecule has 0 aliphatic rings. The molecule has 1 aromatic heterocycles. The molecule has 1 heterocycles. The van der Waals surface area contributed by atoms with E-state index >= 15 is 0 Å². The van der Waals surface area contributed by atoms with E-state index in [4.69, 9.17) is 17.3 Å². The van der Waals surface area contributed by atoms with Crippen LogP contribution in [0.2, 0.25) is 5.15 Å². The number of hydrogen-bond donors (Lipinski definition) is 1. The van der Waals surface area contributed by atoms with Crippen LogP contribution in [0.3, 0.4) is 0 Å². The van der Waals surface area contributed by atoms with Crippen molar-refractivity contribution in [3.8, 4) is 0 Å². The minimum Gasteiger partial charge on any atom is -0.383 e. The fourth-order valence-electron chi connectivity index (χ4n) is 0.553. The van der Waals surface area contributed by atoms with Gasteiger partial charge in [0.05, 0.1) is 4.90 Å². The first-order valence-electron chi connectivity index (χ1n) is 2.55. The van der Waals surface area contributed by atoms with Crippen molar-refractivity contribution >= 4 is 29.2 Å². The summed E-state index contributed by atoms with van der Waals surface area (Å²) in [6.45, 7) is 0. The standard InChI is InChI=1S/C5H6ClN3S/c1-10-3-4(6)8-2-9-5(3)7/h2H,1H3,(H2,7,8,9). The first-order valence-corrected chi connectivity index (χ1v) is 4.16. The molecule has 0 aliphatic heterocycles. The number of nitrogen functional groups attached to an aromatic ring is 1. The van der Waals surface area contributed by atoms with E-state index in [0.717, 1.165) is 4.90 Å². The molecule has 0 amide bonds. The van der Waals surface area contributed by atoms with E-state index in [1.807, 2.05) is 6.26 Å². The molecule has 1 rings (SSSR count). The van der Waals surface area contributed by atoms with Gasteiger partial charge in [-0.25, -0.2) is 9.97 Å². The van der Waals surface area contributed by atoms with Crippen LogP contribution in [0.1, 0.15) is 0 Å². The SMILES string of the molecule is CSc1c(N)ncnc1Cl. The number of nitrogens with two attached hydrogens (primary N) is 1. The Hall–Kier alpha value is -0.480. The van der Waals surface area contributed by atoms with Crippen LogP contribution in [-0.4, -0.2) is 16.2 Å². The van der Waals surface area contributed by atoms with Crippen molar-refractivity contribution in [3.63, 3.8) is 0 Å². The van der Waals surface area contributed by atoms with Gasteiger partial charge in [0.1, 0.15) is 17.3 Å². The smallest absolute Gasteiger partial charge is 0.148 e. The van der Waals surface area contributed by atoms with Gasteiger partial charge in [0, 0.05) is 0 Å². The Morgan fingerprint density at radius 3 is 2.70 bits per heavy atom. The molecule has 5 heteroatoms. The van der Waals surface area contributed by atoms with E-state index in [2.05, 4.69) is 9.97 Å². The van der Waals surface area contributed by atoms with Crippen molar-refractivity contribution in [2.75, 3.05) is 12.0 Å². The summed E-state index contributed by atoms with van der Waals surface area (Å²) in [6, 6.07) is 0. The van der Waals surface area contributed by atoms with Crippen molar-refractivity contribution in [1.29, 1.82) is 0 Å². The Balaban J connectivity index is 3.17. The summed E-state index contributed by atoms with van der Waals surface area (Å²) in [6.07, 6.45) is 3.22. The fourth-order valence-corrected chi connectivity index (χ4v) is 1.41. The van der Waals surface area contributed by atoms with Crippen LogP contribution in [0.5, 0.6) is 0 Å². The molecule has 0 saturated carbocycles. The molecule has 0 atom stereocenters. The minimum absolute atomic E-state index is 0.417. The molecule has 0 spiro atoms. The maximum Gasteiger partial charge on any atom is 0.148 e.